The van der Waals surface area contributed by atoms with E-state index in [1.54, 1.807) is 7.11 Å². The first-order valence-corrected chi connectivity index (χ1v) is 10.2. The molecular formula is C23H28N2O2. The Kier molecular flexibility index (Phi) is 4.33. The van der Waals surface area contributed by atoms with Crippen LogP contribution in [0.1, 0.15) is 41.9 Å². The number of anilines is 1. The summed E-state index contributed by atoms with van der Waals surface area (Å²) in [5, 5.41) is 13.5. The van der Waals surface area contributed by atoms with Crippen molar-refractivity contribution in [3.8, 4) is 16.9 Å². The fourth-order valence-corrected chi connectivity index (χ4v) is 5.38. The Balaban J connectivity index is 1.66. The van der Waals surface area contributed by atoms with Gasteiger partial charge in [-0.1, -0.05) is 6.07 Å². The molecule has 0 aliphatic carbocycles. The van der Waals surface area contributed by atoms with Crippen LogP contribution in [0, 0.1) is 0 Å². The van der Waals surface area contributed by atoms with Crippen LogP contribution < -0.4 is 15.0 Å². The lowest BCUT2D eigenvalue weighted by Gasteiger charge is -2.33. The molecule has 0 bridgehead atoms. The van der Waals surface area contributed by atoms with Gasteiger partial charge in [-0.15, -0.1) is 0 Å². The summed E-state index contributed by atoms with van der Waals surface area (Å²) >= 11 is 0. The smallest absolute Gasteiger partial charge is 0.119 e. The van der Waals surface area contributed by atoms with Gasteiger partial charge in [0.05, 0.1) is 13.7 Å². The number of fused-ring (bicyclic) bond motifs is 3. The van der Waals surface area contributed by atoms with Gasteiger partial charge < -0.3 is 20.1 Å². The monoisotopic (exact) mass is 364 g/mol. The molecule has 2 aromatic carbocycles. The molecule has 2 atom stereocenters. The van der Waals surface area contributed by atoms with Crippen molar-refractivity contribution >= 4 is 5.69 Å². The Hall–Kier alpha value is -2.04. The van der Waals surface area contributed by atoms with E-state index >= 15 is 0 Å². The summed E-state index contributed by atoms with van der Waals surface area (Å²) in [6.07, 6.45) is 4.94. The number of aliphatic hydroxyl groups excluding tert-OH is 1. The van der Waals surface area contributed by atoms with Crippen LogP contribution in [0.5, 0.6) is 5.75 Å². The maximum absolute atomic E-state index is 9.93. The summed E-state index contributed by atoms with van der Waals surface area (Å²) < 4.78 is 5.35. The lowest BCUT2D eigenvalue weighted by molar-refractivity contribution is 0.281. The van der Waals surface area contributed by atoms with Gasteiger partial charge in [-0.25, -0.2) is 0 Å². The number of nitrogens with one attached hydrogen (secondary N) is 1. The third-order valence-corrected chi connectivity index (χ3v) is 6.64. The third kappa shape index (κ3) is 2.74. The van der Waals surface area contributed by atoms with Crippen LogP contribution in [0.2, 0.25) is 0 Å². The van der Waals surface area contributed by atoms with Crippen LogP contribution in [0.4, 0.5) is 5.69 Å². The molecule has 0 aromatic heterocycles. The normalized spacial score (nSPS) is 23.6. The predicted molar refractivity (Wildman–Crippen MR) is 109 cm³/mol. The number of methoxy groups -OCH3 is 1. The molecule has 0 saturated carbocycles. The van der Waals surface area contributed by atoms with Crippen LogP contribution in [-0.2, 0) is 13.0 Å². The zero-order valence-electron chi connectivity index (χ0n) is 16.0. The van der Waals surface area contributed by atoms with Crippen molar-refractivity contribution in [3.63, 3.8) is 0 Å². The van der Waals surface area contributed by atoms with Crippen molar-refractivity contribution in [3.05, 3.63) is 47.0 Å². The van der Waals surface area contributed by atoms with Crippen molar-refractivity contribution < 1.29 is 9.84 Å². The van der Waals surface area contributed by atoms with E-state index in [9.17, 15) is 5.11 Å². The van der Waals surface area contributed by atoms with Gasteiger partial charge in [0.25, 0.3) is 0 Å². The number of aliphatic hydroxyl groups is 1. The van der Waals surface area contributed by atoms with Gasteiger partial charge in [-0.3, -0.25) is 0 Å². The highest BCUT2D eigenvalue weighted by atomic mass is 16.5. The van der Waals surface area contributed by atoms with Crippen LogP contribution in [0.15, 0.2) is 30.3 Å². The molecule has 0 amide bonds. The lowest BCUT2D eigenvalue weighted by Crippen LogP contribution is -2.44. The van der Waals surface area contributed by atoms with Crippen molar-refractivity contribution in [2.45, 2.75) is 44.2 Å². The van der Waals surface area contributed by atoms with Gasteiger partial charge in [0.15, 0.2) is 0 Å². The Morgan fingerprint density at radius 1 is 1.22 bits per heavy atom. The summed E-state index contributed by atoms with van der Waals surface area (Å²) in [6.45, 7) is 3.43. The number of aryl methyl sites for hydroxylation is 1. The molecule has 3 aliphatic rings. The molecule has 1 fully saturated rings. The van der Waals surface area contributed by atoms with E-state index in [2.05, 4.69) is 28.4 Å². The number of nitrogens with zero attached hydrogens (tertiary/aromatic N) is 1. The highest BCUT2D eigenvalue weighted by Crippen LogP contribution is 2.48. The van der Waals surface area contributed by atoms with Gasteiger partial charge in [-0.05, 0) is 84.3 Å². The molecule has 4 nitrogen and oxygen atoms in total. The number of hydrogen-bond acceptors (Lipinski definition) is 4. The van der Waals surface area contributed by atoms with Gasteiger partial charge in [0.2, 0.25) is 0 Å². The topological polar surface area (TPSA) is 44.7 Å². The van der Waals surface area contributed by atoms with E-state index in [0.717, 1.165) is 36.4 Å². The first-order chi connectivity index (χ1) is 13.3. The van der Waals surface area contributed by atoms with E-state index in [-0.39, 0.29) is 6.61 Å². The molecule has 0 radical (unpaired) electrons. The Morgan fingerprint density at radius 3 is 3.00 bits per heavy atom. The van der Waals surface area contributed by atoms with Crippen molar-refractivity contribution in [1.82, 2.24) is 5.32 Å². The summed E-state index contributed by atoms with van der Waals surface area (Å²) in [6, 6.07) is 11.5. The van der Waals surface area contributed by atoms with Crippen molar-refractivity contribution in [1.29, 1.82) is 0 Å². The summed E-state index contributed by atoms with van der Waals surface area (Å²) in [4.78, 5) is 2.72. The highest BCUT2D eigenvalue weighted by Gasteiger charge is 2.41. The minimum atomic E-state index is 0.0265. The second kappa shape index (κ2) is 6.84. The fraction of sp³-hybridized carbons (Fsp3) is 0.478. The van der Waals surface area contributed by atoms with E-state index in [1.165, 1.54) is 48.2 Å². The zero-order chi connectivity index (χ0) is 18.4. The summed E-state index contributed by atoms with van der Waals surface area (Å²) in [7, 11) is 1.67. The predicted octanol–water partition coefficient (Wildman–Crippen LogP) is 3.46. The maximum Gasteiger partial charge on any atom is 0.119 e. The number of piperidine rings is 1. The lowest BCUT2D eigenvalue weighted by atomic mass is 9.86. The van der Waals surface area contributed by atoms with E-state index in [0.29, 0.717) is 12.0 Å². The quantitative estimate of drug-likeness (QED) is 0.876. The number of ether oxygens (including phenoxy) is 1. The van der Waals surface area contributed by atoms with Gasteiger partial charge in [0, 0.05) is 30.7 Å². The van der Waals surface area contributed by atoms with Crippen molar-refractivity contribution in [2.75, 3.05) is 31.6 Å². The first kappa shape index (κ1) is 17.1. The van der Waals surface area contributed by atoms with E-state index < -0.39 is 0 Å². The molecule has 2 N–H and O–H groups in total. The summed E-state index contributed by atoms with van der Waals surface area (Å²) in [5.41, 5.74) is 7.83. The zero-order valence-corrected chi connectivity index (χ0v) is 16.0. The van der Waals surface area contributed by atoms with Gasteiger partial charge in [-0.2, -0.15) is 0 Å². The number of rotatable bonds is 3. The molecular weight excluding hydrogens is 336 g/mol. The SMILES string of the molecule is COc1ccc(-c2cc3c4c(c2)[C@@H]2CNCC[C@@H]2N4CCCC3)c(CO)c1. The average Bonchev–Trinajstić information content (AvgIpc) is 2.88. The van der Waals surface area contributed by atoms with Crippen molar-refractivity contribution in [2.24, 2.45) is 0 Å². The minimum Gasteiger partial charge on any atom is -0.497 e. The number of benzene rings is 2. The van der Waals surface area contributed by atoms with E-state index in [4.69, 9.17) is 4.74 Å². The van der Waals surface area contributed by atoms with Gasteiger partial charge in [0.1, 0.15) is 5.75 Å². The molecule has 4 heteroatoms. The average molecular weight is 364 g/mol. The number of hydrogen-bond donors (Lipinski definition) is 2. The second-order valence-corrected chi connectivity index (χ2v) is 8.07. The Labute approximate surface area is 161 Å². The molecule has 0 unspecified atom stereocenters. The second-order valence-electron chi connectivity index (χ2n) is 8.07. The standard InChI is InChI=1S/C23H28N2O2/c1-27-18-5-6-19(17(11-18)14-26)16-10-15-4-2-3-9-25-22-7-8-24-13-21(22)20(12-16)23(15)25/h5-6,10-12,21-22,24,26H,2-4,7-9,13-14H2,1H3/t21-,22-/m0/s1. The molecule has 142 valence electrons. The van der Waals surface area contributed by atoms with Crippen LogP contribution >= 0.6 is 0 Å². The summed E-state index contributed by atoms with van der Waals surface area (Å²) in [5.74, 6) is 1.38. The minimum absolute atomic E-state index is 0.0265. The Morgan fingerprint density at radius 2 is 2.15 bits per heavy atom. The largest absolute Gasteiger partial charge is 0.497 e. The third-order valence-electron chi connectivity index (χ3n) is 6.64. The molecule has 27 heavy (non-hydrogen) atoms. The molecule has 3 aliphatic heterocycles. The molecule has 2 aromatic rings. The van der Waals surface area contributed by atoms with Crippen LogP contribution in [-0.4, -0.2) is 37.9 Å². The molecule has 5 rings (SSSR count). The first-order valence-electron chi connectivity index (χ1n) is 10.2. The highest BCUT2D eigenvalue weighted by molar-refractivity contribution is 5.78. The van der Waals surface area contributed by atoms with Gasteiger partial charge >= 0.3 is 0 Å². The molecule has 1 saturated heterocycles. The van der Waals surface area contributed by atoms with Crippen LogP contribution in [0.3, 0.4) is 0 Å². The van der Waals surface area contributed by atoms with E-state index in [1.807, 2.05) is 12.1 Å². The van der Waals surface area contributed by atoms with Crippen LogP contribution in [0.25, 0.3) is 11.1 Å². The molecule has 3 heterocycles. The molecule has 0 spiro atoms. The maximum atomic E-state index is 9.93. The Bertz CT molecular complexity index is 864. The fourth-order valence-electron chi connectivity index (χ4n) is 5.38.